The number of amidine groups is 1. The first-order valence-corrected chi connectivity index (χ1v) is 8.32. The van der Waals surface area contributed by atoms with Crippen LogP contribution in [0.1, 0.15) is 5.56 Å². The van der Waals surface area contributed by atoms with Crippen LogP contribution >= 0.6 is 11.8 Å². The van der Waals surface area contributed by atoms with E-state index in [0.29, 0.717) is 11.6 Å². The number of benzene rings is 1. The molecule has 1 aromatic heterocycles. The summed E-state index contributed by atoms with van der Waals surface area (Å²) in [5.74, 6) is 0.593. The number of amides is 1. The molecule has 0 spiro atoms. The lowest BCUT2D eigenvalue weighted by Gasteiger charge is -2.17. The second kappa shape index (κ2) is 5.62. The summed E-state index contributed by atoms with van der Waals surface area (Å²) >= 11 is 1.50. The Kier molecular flexibility index (Phi) is 3.46. The molecule has 1 aromatic carbocycles. The maximum absolute atomic E-state index is 12.0. The second-order valence-electron chi connectivity index (χ2n) is 5.48. The third-order valence-electron chi connectivity index (χ3n) is 3.72. The average molecular weight is 322 g/mol. The molecule has 1 atom stereocenters. The van der Waals surface area contributed by atoms with Crippen molar-refractivity contribution in [2.75, 3.05) is 5.75 Å². The Morgan fingerprint density at radius 1 is 1.26 bits per heavy atom. The van der Waals surface area contributed by atoms with E-state index >= 15 is 0 Å². The number of rotatable bonds is 3. The van der Waals surface area contributed by atoms with Crippen LogP contribution in [0.5, 0.6) is 0 Å². The van der Waals surface area contributed by atoms with Gasteiger partial charge in [0.25, 0.3) is 5.91 Å². The monoisotopic (exact) mass is 322 g/mol. The number of carbonyl (C=O) groups is 1. The SMILES string of the molecule is Cc1ccc2nc(SCC3=NC(=O)C4C=CC=CC4=N3)[nH]c2c1. The molecule has 5 nitrogen and oxygen atoms in total. The molecule has 6 heteroatoms. The summed E-state index contributed by atoms with van der Waals surface area (Å²) in [5, 5.41) is 0.808. The number of nitrogens with one attached hydrogen (secondary N) is 1. The van der Waals surface area contributed by atoms with Crippen molar-refractivity contribution in [2.24, 2.45) is 15.9 Å². The van der Waals surface area contributed by atoms with E-state index in [-0.39, 0.29) is 11.8 Å². The van der Waals surface area contributed by atoms with E-state index in [1.165, 1.54) is 17.3 Å². The number of imidazole rings is 1. The van der Waals surface area contributed by atoms with Crippen molar-refractivity contribution < 1.29 is 4.79 Å². The number of allylic oxidation sites excluding steroid dienone is 3. The number of H-pyrrole nitrogens is 1. The van der Waals surface area contributed by atoms with Crippen molar-refractivity contribution in [3.8, 4) is 0 Å². The summed E-state index contributed by atoms with van der Waals surface area (Å²) in [7, 11) is 0. The Hall–Kier alpha value is -2.47. The lowest BCUT2D eigenvalue weighted by molar-refractivity contribution is -0.118. The minimum atomic E-state index is -0.317. The van der Waals surface area contributed by atoms with Crippen LogP contribution in [0.4, 0.5) is 0 Å². The smallest absolute Gasteiger partial charge is 0.260 e. The zero-order valence-corrected chi connectivity index (χ0v) is 13.3. The number of aromatic nitrogens is 2. The van der Waals surface area contributed by atoms with Crippen molar-refractivity contribution in [1.29, 1.82) is 0 Å². The topological polar surface area (TPSA) is 70.5 Å². The van der Waals surface area contributed by atoms with Crippen LogP contribution < -0.4 is 0 Å². The predicted octanol–water partition coefficient (Wildman–Crippen LogP) is 3.09. The standard InChI is InChI=1S/C17H14N4OS/c1-10-6-7-13-14(8-10)20-17(19-13)23-9-15-18-12-5-3-2-4-11(12)16(22)21-15/h2-8,11H,9H2,1H3,(H,19,20). The van der Waals surface area contributed by atoms with Crippen LogP contribution in [-0.2, 0) is 4.79 Å². The van der Waals surface area contributed by atoms with Gasteiger partial charge in [-0.3, -0.25) is 4.79 Å². The minimum absolute atomic E-state index is 0.147. The number of thioether (sulfide) groups is 1. The third-order valence-corrected chi connectivity index (χ3v) is 4.59. The predicted molar refractivity (Wildman–Crippen MR) is 93.2 cm³/mol. The van der Waals surface area contributed by atoms with Gasteiger partial charge in [0.15, 0.2) is 5.16 Å². The number of aliphatic imine (C=N–C) groups is 2. The van der Waals surface area contributed by atoms with E-state index in [4.69, 9.17) is 0 Å². The minimum Gasteiger partial charge on any atom is -0.333 e. The first-order valence-electron chi connectivity index (χ1n) is 7.33. The summed E-state index contributed by atoms with van der Waals surface area (Å²) in [6.45, 7) is 2.05. The maximum atomic E-state index is 12.0. The number of fused-ring (bicyclic) bond motifs is 2. The first-order chi connectivity index (χ1) is 11.2. The Balaban J connectivity index is 1.52. The summed E-state index contributed by atoms with van der Waals surface area (Å²) in [6.07, 6.45) is 7.44. The quantitative estimate of drug-likeness (QED) is 0.883. The molecule has 2 aromatic rings. The molecule has 0 radical (unpaired) electrons. The third kappa shape index (κ3) is 2.77. The summed E-state index contributed by atoms with van der Waals surface area (Å²) < 4.78 is 0. The van der Waals surface area contributed by atoms with Crippen molar-refractivity contribution in [2.45, 2.75) is 12.1 Å². The van der Waals surface area contributed by atoms with Gasteiger partial charge in [-0.05, 0) is 30.7 Å². The lowest BCUT2D eigenvalue weighted by atomic mass is 9.97. The Bertz CT molecular complexity index is 920. The molecule has 0 bridgehead atoms. The van der Waals surface area contributed by atoms with Gasteiger partial charge in [-0.2, -0.15) is 4.99 Å². The Morgan fingerprint density at radius 2 is 2.17 bits per heavy atom. The fourth-order valence-corrected chi connectivity index (χ4v) is 3.32. The van der Waals surface area contributed by atoms with Gasteiger partial charge in [-0.15, -0.1) is 0 Å². The molecule has 0 saturated heterocycles. The largest absolute Gasteiger partial charge is 0.333 e. The fourth-order valence-electron chi connectivity index (χ4n) is 2.58. The van der Waals surface area contributed by atoms with E-state index in [0.717, 1.165) is 21.9 Å². The highest BCUT2D eigenvalue weighted by atomic mass is 32.2. The van der Waals surface area contributed by atoms with Gasteiger partial charge in [-0.25, -0.2) is 9.98 Å². The molecule has 114 valence electrons. The molecule has 1 aliphatic heterocycles. The molecule has 23 heavy (non-hydrogen) atoms. The number of carbonyl (C=O) groups excluding carboxylic acids is 1. The lowest BCUT2D eigenvalue weighted by Crippen LogP contribution is -2.27. The van der Waals surface area contributed by atoms with E-state index in [1.54, 1.807) is 0 Å². The maximum Gasteiger partial charge on any atom is 0.260 e. The molecule has 1 unspecified atom stereocenters. The average Bonchev–Trinajstić information content (AvgIpc) is 2.95. The molecule has 4 rings (SSSR count). The highest BCUT2D eigenvalue weighted by Crippen LogP contribution is 2.22. The van der Waals surface area contributed by atoms with E-state index in [2.05, 4.69) is 26.0 Å². The van der Waals surface area contributed by atoms with Crippen molar-refractivity contribution in [3.05, 3.63) is 48.1 Å². The molecule has 2 heterocycles. The Labute approximate surface area is 137 Å². The molecule has 1 aliphatic carbocycles. The van der Waals surface area contributed by atoms with Crippen molar-refractivity contribution >= 4 is 40.2 Å². The van der Waals surface area contributed by atoms with Gasteiger partial charge in [0.05, 0.1) is 22.5 Å². The van der Waals surface area contributed by atoms with Crippen LogP contribution in [0.2, 0.25) is 0 Å². The van der Waals surface area contributed by atoms with Crippen molar-refractivity contribution in [3.63, 3.8) is 0 Å². The number of hydrogen-bond acceptors (Lipinski definition) is 4. The van der Waals surface area contributed by atoms with Crippen molar-refractivity contribution in [1.82, 2.24) is 9.97 Å². The van der Waals surface area contributed by atoms with Gasteiger partial charge in [0, 0.05) is 0 Å². The zero-order valence-electron chi connectivity index (χ0n) is 12.5. The first kappa shape index (κ1) is 14.1. The zero-order chi connectivity index (χ0) is 15.8. The van der Waals surface area contributed by atoms with Crippen LogP contribution in [-0.4, -0.2) is 33.2 Å². The molecule has 0 saturated carbocycles. The summed E-state index contributed by atoms with van der Waals surface area (Å²) in [6, 6.07) is 6.10. The highest BCUT2D eigenvalue weighted by Gasteiger charge is 2.26. The van der Waals surface area contributed by atoms with Crippen LogP contribution in [0.25, 0.3) is 11.0 Å². The van der Waals surface area contributed by atoms with E-state index in [9.17, 15) is 4.79 Å². The number of aryl methyl sites for hydroxylation is 1. The van der Waals surface area contributed by atoms with Gasteiger partial charge in [-0.1, -0.05) is 36.1 Å². The van der Waals surface area contributed by atoms with Gasteiger partial charge < -0.3 is 4.98 Å². The Morgan fingerprint density at radius 3 is 3.09 bits per heavy atom. The van der Waals surface area contributed by atoms with Crippen LogP contribution in [0.15, 0.2) is 57.6 Å². The number of aromatic amines is 1. The van der Waals surface area contributed by atoms with Crippen LogP contribution in [0.3, 0.4) is 0 Å². The molecule has 1 N–H and O–H groups in total. The van der Waals surface area contributed by atoms with Gasteiger partial charge >= 0.3 is 0 Å². The van der Waals surface area contributed by atoms with Crippen LogP contribution in [0, 0.1) is 12.8 Å². The summed E-state index contributed by atoms with van der Waals surface area (Å²) in [4.78, 5) is 28.4. The molecule has 0 fully saturated rings. The fraction of sp³-hybridized carbons (Fsp3) is 0.176. The van der Waals surface area contributed by atoms with Gasteiger partial charge in [0.1, 0.15) is 11.8 Å². The van der Waals surface area contributed by atoms with E-state index in [1.807, 2.05) is 43.4 Å². The second-order valence-corrected chi connectivity index (χ2v) is 6.44. The molecule has 2 aliphatic rings. The molecular formula is C17H14N4OS. The molecule has 1 amide bonds. The number of hydrogen-bond donors (Lipinski definition) is 1. The molecular weight excluding hydrogens is 308 g/mol. The number of nitrogens with zero attached hydrogens (tertiary/aromatic N) is 3. The summed E-state index contributed by atoms with van der Waals surface area (Å²) in [5.41, 5.74) is 3.91. The highest BCUT2D eigenvalue weighted by molar-refractivity contribution is 7.99. The van der Waals surface area contributed by atoms with E-state index < -0.39 is 0 Å². The normalized spacial score (nSPS) is 19.7. The van der Waals surface area contributed by atoms with Gasteiger partial charge in [0.2, 0.25) is 0 Å².